The monoisotopic (exact) mass is 1160 g/mol. The number of cyclic esters (lactones) is 2. The molecule has 26 heteroatoms. The van der Waals surface area contributed by atoms with Crippen LogP contribution in [-0.4, -0.2) is 140 Å². The highest BCUT2D eigenvalue weighted by Gasteiger charge is 2.46. The van der Waals surface area contributed by atoms with Crippen LogP contribution in [0.2, 0.25) is 0 Å². The van der Waals surface area contributed by atoms with Gasteiger partial charge < -0.3 is 48.9 Å². The van der Waals surface area contributed by atoms with Crippen LogP contribution in [0.25, 0.3) is 0 Å². The fourth-order valence-corrected chi connectivity index (χ4v) is 50.2. The molecule has 5 heterocycles. The van der Waals surface area contributed by atoms with Crippen molar-refractivity contribution in [2.45, 2.75) is 12.2 Å². The van der Waals surface area contributed by atoms with Crippen LogP contribution in [0.15, 0.2) is 84.9 Å². The largest absolute Gasteiger partial charge is 0.497 e. The number of hydrogen-bond donors (Lipinski definition) is 2. The van der Waals surface area contributed by atoms with Gasteiger partial charge in [-0.1, -0.05) is 57.8 Å². The Labute approximate surface area is 450 Å². The number of nitrogens with zero attached hydrogens (tertiary/aromatic N) is 4. The van der Waals surface area contributed by atoms with Crippen LogP contribution in [0.5, 0.6) is 11.5 Å². The van der Waals surface area contributed by atoms with Gasteiger partial charge in [0.1, 0.15) is 41.2 Å². The quantitative estimate of drug-likeness (QED) is 0.0710. The summed E-state index contributed by atoms with van der Waals surface area (Å²) in [5, 5.41) is 7.93. The highest BCUT2D eigenvalue weighted by atomic mass is 35.5. The lowest BCUT2D eigenvalue weighted by atomic mass is 10.2. The van der Waals surface area contributed by atoms with Gasteiger partial charge in [0, 0.05) is 36.8 Å². The van der Waals surface area contributed by atoms with E-state index in [-0.39, 0.29) is 42.7 Å². The molecule has 72 heavy (non-hydrogen) atoms. The number of ether oxygens (including phenoxy) is 6. The third kappa shape index (κ3) is 14.4. The van der Waals surface area contributed by atoms with E-state index < -0.39 is 33.0 Å². The SMILES string of the molecule is COc1ccc(P2(=S)SP(=S)(c3ccc(OC)cc3)S2)cc1.O=C(CCl)NC[C@H]1CN(c2ccc(N3CCOCC3)c(F)c2)C(=O)O1.O=C1O[C@@H](CNC(=S)CCl)CN1c1ccc(N2CCOCC2)c(F)c1. The molecule has 0 aromatic heterocycles. The smallest absolute Gasteiger partial charge is 0.414 e. The third-order valence-electron chi connectivity index (χ3n) is 11.4. The molecule has 5 fully saturated rings. The first-order valence-electron chi connectivity index (χ1n) is 22.4. The number of thiocarbonyl (C=S) groups is 1. The van der Waals surface area contributed by atoms with Crippen LogP contribution < -0.4 is 50.3 Å². The van der Waals surface area contributed by atoms with Crippen LogP contribution in [-0.2, 0) is 47.4 Å². The summed E-state index contributed by atoms with van der Waals surface area (Å²) in [6.45, 7) is 5.96. The van der Waals surface area contributed by atoms with Crippen LogP contribution >= 0.6 is 66.3 Å². The number of carbonyl (C=O) groups is 3. The Morgan fingerprint density at radius 1 is 0.667 bits per heavy atom. The topological polar surface area (TPSA) is 144 Å². The number of hydrogen-bond acceptors (Lipinski definition) is 16. The maximum absolute atomic E-state index is 14.5. The summed E-state index contributed by atoms with van der Waals surface area (Å²) in [7, 11) is 3.34. The van der Waals surface area contributed by atoms with Gasteiger partial charge in [0.05, 0.1) is 109 Å². The van der Waals surface area contributed by atoms with Crippen LogP contribution in [0.4, 0.5) is 41.1 Å². The summed E-state index contributed by atoms with van der Waals surface area (Å²) in [6.07, 6.45) is -1.93. The number of halogens is 4. The molecule has 5 saturated heterocycles. The average molecular weight is 1160 g/mol. The van der Waals surface area contributed by atoms with Crippen LogP contribution in [0.3, 0.4) is 0 Å². The molecule has 2 N–H and O–H groups in total. The van der Waals surface area contributed by atoms with Gasteiger partial charge in [0.2, 0.25) is 5.91 Å². The number of alkyl halides is 2. The second-order valence-electron chi connectivity index (χ2n) is 16.1. The van der Waals surface area contributed by atoms with Crippen molar-refractivity contribution in [2.75, 3.05) is 124 Å². The summed E-state index contributed by atoms with van der Waals surface area (Å²) < 4.78 is 57.1. The van der Waals surface area contributed by atoms with E-state index in [0.717, 1.165) is 11.5 Å². The number of methoxy groups -OCH3 is 2. The molecule has 9 rings (SSSR count). The van der Waals surface area contributed by atoms with Gasteiger partial charge in [-0.25, -0.2) is 18.4 Å². The van der Waals surface area contributed by atoms with Gasteiger partial charge in [-0.2, -0.15) is 0 Å². The summed E-state index contributed by atoms with van der Waals surface area (Å²) in [4.78, 5) is 42.4. The fourth-order valence-electron chi connectivity index (χ4n) is 7.68. The number of anilines is 4. The summed E-state index contributed by atoms with van der Waals surface area (Å²) in [6, 6.07) is 25.7. The number of morpholine rings is 2. The van der Waals surface area contributed by atoms with Gasteiger partial charge in [-0.15, -0.1) is 23.2 Å². The van der Waals surface area contributed by atoms with Crippen molar-refractivity contribution >= 4 is 146 Å². The summed E-state index contributed by atoms with van der Waals surface area (Å²) >= 11 is 31.5. The Bertz CT molecular complexity index is 2470. The molecule has 388 valence electrons. The van der Waals surface area contributed by atoms with E-state index in [0.29, 0.717) is 93.4 Å². The molecule has 0 saturated carbocycles. The van der Waals surface area contributed by atoms with Crippen molar-refractivity contribution in [1.29, 1.82) is 0 Å². The fraction of sp³-hybridized carbons (Fsp3) is 0.391. The van der Waals surface area contributed by atoms with Gasteiger partial charge in [0.25, 0.3) is 0 Å². The predicted octanol–water partition coefficient (Wildman–Crippen LogP) is 8.24. The van der Waals surface area contributed by atoms with Gasteiger partial charge in [-0.05, 0) is 84.9 Å². The van der Waals surface area contributed by atoms with E-state index >= 15 is 0 Å². The Morgan fingerprint density at radius 3 is 1.43 bits per heavy atom. The van der Waals surface area contributed by atoms with E-state index in [2.05, 4.69) is 34.9 Å². The maximum Gasteiger partial charge on any atom is 0.414 e. The number of nitrogens with one attached hydrogen (secondary N) is 2. The van der Waals surface area contributed by atoms with Crippen molar-refractivity contribution in [3.63, 3.8) is 0 Å². The Morgan fingerprint density at radius 2 is 1.07 bits per heavy atom. The van der Waals surface area contributed by atoms with Gasteiger partial charge in [0.15, 0.2) is 0 Å². The van der Waals surface area contributed by atoms with E-state index in [1.54, 1.807) is 38.5 Å². The van der Waals surface area contributed by atoms with Crippen molar-refractivity contribution in [2.24, 2.45) is 0 Å². The Hall–Kier alpha value is -3.66. The zero-order chi connectivity index (χ0) is 51.4. The maximum atomic E-state index is 14.5. The zero-order valence-electron chi connectivity index (χ0n) is 39.0. The molecule has 15 nitrogen and oxygen atoms in total. The molecule has 0 radical (unpaired) electrons. The molecular formula is C46H52Cl2F2N6O9P2S5. The van der Waals surface area contributed by atoms with Gasteiger partial charge in [-0.3, -0.25) is 14.6 Å². The highest BCUT2D eigenvalue weighted by Crippen LogP contribution is 3.04. The average Bonchev–Trinajstić information content (AvgIpc) is 3.98. The number of benzene rings is 4. The zero-order valence-corrected chi connectivity index (χ0v) is 46.4. The van der Waals surface area contributed by atoms with E-state index in [9.17, 15) is 23.2 Å². The van der Waals surface area contributed by atoms with Crippen LogP contribution in [0.1, 0.15) is 0 Å². The number of rotatable bonds is 14. The second-order valence-corrected chi connectivity index (χ2v) is 38.4. The molecular weight excluding hydrogens is 1110 g/mol. The number of carbonyl (C=O) groups excluding carboxylic acids is 3. The van der Waals surface area contributed by atoms with Crippen molar-refractivity contribution in [3.8, 4) is 11.5 Å². The van der Waals surface area contributed by atoms with Crippen molar-refractivity contribution < 1.29 is 51.6 Å². The molecule has 3 amide bonds. The Kier molecular flexibility index (Phi) is 20.4. The molecule has 0 spiro atoms. The molecule has 5 aliphatic rings. The van der Waals surface area contributed by atoms with Crippen molar-refractivity contribution in [1.82, 2.24) is 10.6 Å². The van der Waals surface area contributed by atoms with E-state index in [1.807, 2.05) is 56.1 Å². The molecule has 5 aliphatic heterocycles. The van der Waals surface area contributed by atoms with Gasteiger partial charge >= 0.3 is 12.2 Å². The summed E-state index contributed by atoms with van der Waals surface area (Å²) in [5.41, 5.74) is 1.91. The highest BCUT2D eigenvalue weighted by molar-refractivity contribution is 9.48. The van der Waals surface area contributed by atoms with E-state index in [4.69, 9.17) is 87.5 Å². The normalized spacial score (nSPS) is 22.5. The first kappa shape index (κ1) is 56.1. The second kappa shape index (κ2) is 26.2. The lowest BCUT2D eigenvalue weighted by Crippen LogP contribution is -2.37. The lowest BCUT2D eigenvalue weighted by Gasteiger charge is -2.40. The molecule has 0 bridgehead atoms. The third-order valence-corrected chi connectivity index (χ3v) is 43.6. The molecule has 0 aliphatic carbocycles. The molecule has 0 unspecified atom stereocenters. The minimum Gasteiger partial charge on any atom is -0.497 e. The standard InChI is InChI=1S/C16H19ClFN3O4.C16H19ClFN3O3S.C14H14O2P2S4/c17-8-15(22)19-9-12-10-21(16(23)25-12)11-1-2-14(13(18)7-11)20-3-5-24-6-4-20;17-8-15(25)19-9-12-10-21(16(22)24-12)11-1-2-14(13(18)7-11)20-3-5-23-6-4-20;1-15-11-3-7-13(8-4-11)17(19)21-18(20,22-17)14-9-5-12(16-2)6-10-14/h1-2,7,12H,3-6,8-10H2,(H,19,22);1-2,7,12H,3-6,8-10H2,(H,19,25);3-10H,1-2H3/t2*12-;/m00./s1. The minimum absolute atomic E-state index is 0.154. The predicted molar refractivity (Wildman–Crippen MR) is 298 cm³/mol. The Balaban J connectivity index is 0.000000159. The molecule has 4 aromatic carbocycles. The summed E-state index contributed by atoms with van der Waals surface area (Å²) in [5.74, 6) is 0.679. The van der Waals surface area contributed by atoms with Crippen LogP contribution in [0, 0.1) is 11.6 Å². The lowest BCUT2D eigenvalue weighted by molar-refractivity contribution is -0.119. The molecule has 2 atom stereocenters. The number of amides is 3. The molecule has 4 aromatic rings. The van der Waals surface area contributed by atoms with Crippen molar-refractivity contribution in [3.05, 3.63) is 96.6 Å². The minimum atomic E-state index is -1.66. The first-order chi connectivity index (χ1) is 34.6. The first-order valence-corrected chi connectivity index (χ1v) is 33.6. The van der Waals surface area contributed by atoms with E-state index in [1.165, 1.54) is 32.5 Å².